The minimum atomic E-state index is 0.566. The summed E-state index contributed by atoms with van der Waals surface area (Å²) in [6.45, 7) is 14.1. The van der Waals surface area contributed by atoms with Crippen molar-refractivity contribution in [3.8, 4) is 0 Å². The molecular formula is C14H30N2O. The van der Waals surface area contributed by atoms with E-state index in [9.17, 15) is 0 Å². The molecule has 1 fully saturated rings. The average Bonchev–Trinajstić information content (AvgIpc) is 2.33. The van der Waals surface area contributed by atoms with Crippen LogP contribution in [0.3, 0.4) is 0 Å². The van der Waals surface area contributed by atoms with Gasteiger partial charge in [-0.1, -0.05) is 13.8 Å². The second-order valence-electron chi connectivity index (χ2n) is 5.57. The van der Waals surface area contributed by atoms with E-state index >= 15 is 0 Å². The normalized spacial score (nSPS) is 24.2. The third kappa shape index (κ3) is 5.84. The number of rotatable bonds is 7. The lowest BCUT2D eigenvalue weighted by Gasteiger charge is -2.37. The van der Waals surface area contributed by atoms with E-state index in [1.54, 1.807) is 0 Å². The Hall–Kier alpha value is -0.120. The second kappa shape index (κ2) is 8.06. The summed E-state index contributed by atoms with van der Waals surface area (Å²) in [5, 5.41) is 3.56. The van der Waals surface area contributed by atoms with Gasteiger partial charge in [-0.2, -0.15) is 0 Å². The van der Waals surface area contributed by atoms with Crippen LogP contribution >= 0.6 is 0 Å². The largest absolute Gasteiger partial charge is 0.380 e. The van der Waals surface area contributed by atoms with Crippen LogP contribution < -0.4 is 5.32 Å². The number of piperidine rings is 1. The summed E-state index contributed by atoms with van der Waals surface area (Å²) in [5.74, 6) is 0.815. The Balaban J connectivity index is 2.27. The van der Waals surface area contributed by atoms with Crippen LogP contribution in [-0.2, 0) is 4.74 Å². The molecule has 0 radical (unpaired) electrons. The van der Waals surface area contributed by atoms with Crippen LogP contribution in [0, 0.1) is 5.92 Å². The summed E-state index contributed by atoms with van der Waals surface area (Å²) in [6.07, 6.45) is 2.71. The lowest BCUT2D eigenvalue weighted by Crippen LogP contribution is -2.46. The molecule has 2 atom stereocenters. The molecule has 1 aliphatic heterocycles. The Bertz CT molecular complexity index is 197. The molecule has 0 aromatic heterocycles. The zero-order valence-corrected chi connectivity index (χ0v) is 12.0. The van der Waals surface area contributed by atoms with E-state index in [2.05, 4.69) is 37.9 Å². The number of likely N-dealkylation sites (tertiary alicyclic amines) is 1. The SMILES string of the molecule is CCOCC(C)N1CCCC(CNC(C)C)C1. The molecule has 0 spiro atoms. The lowest BCUT2D eigenvalue weighted by atomic mass is 9.96. The van der Waals surface area contributed by atoms with E-state index in [1.807, 2.05) is 0 Å². The van der Waals surface area contributed by atoms with Gasteiger partial charge in [0, 0.05) is 25.2 Å². The van der Waals surface area contributed by atoms with E-state index in [1.165, 1.54) is 25.9 Å². The first-order valence-corrected chi connectivity index (χ1v) is 7.18. The van der Waals surface area contributed by atoms with Gasteiger partial charge in [-0.15, -0.1) is 0 Å². The molecule has 0 bridgehead atoms. The quantitative estimate of drug-likeness (QED) is 0.740. The van der Waals surface area contributed by atoms with Crippen molar-refractivity contribution in [2.24, 2.45) is 5.92 Å². The Morgan fingerprint density at radius 1 is 1.35 bits per heavy atom. The molecule has 2 unspecified atom stereocenters. The molecule has 1 saturated heterocycles. The minimum absolute atomic E-state index is 0.566. The number of nitrogens with one attached hydrogen (secondary N) is 1. The Morgan fingerprint density at radius 2 is 2.12 bits per heavy atom. The standard InChI is InChI=1S/C14H30N2O/c1-5-17-11-13(4)16-8-6-7-14(10-16)9-15-12(2)3/h12-15H,5-11H2,1-4H3. The molecule has 1 N–H and O–H groups in total. The van der Waals surface area contributed by atoms with Gasteiger partial charge in [-0.3, -0.25) is 4.90 Å². The monoisotopic (exact) mass is 242 g/mol. The average molecular weight is 242 g/mol. The fraction of sp³-hybridized carbons (Fsp3) is 1.00. The maximum absolute atomic E-state index is 5.52. The molecule has 0 amide bonds. The molecule has 0 aliphatic carbocycles. The van der Waals surface area contributed by atoms with Crippen molar-refractivity contribution in [2.75, 3.05) is 32.8 Å². The summed E-state index contributed by atoms with van der Waals surface area (Å²) in [5.41, 5.74) is 0. The predicted octanol–water partition coefficient (Wildman–Crippen LogP) is 2.12. The summed E-state index contributed by atoms with van der Waals surface area (Å²) in [7, 11) is 0. The zero-order chi connectivity index (χ0) is 12.7. The van der Waals surface area contributed by atoms with Crippen LogP contribution in [0.2, 0.25) is 0 Å². The maximum atomic E-state index is 5.52. The van der Waals surface area contributed by atoms with E-state index in [4.69, 9.17) is 4.74 Å². The Morgan fingerprint density at radius 3 is 2.76 bits per heavy atom. The van der Waals surface area contributed by atoms with Crippen molar-refractivity contribution in [1.29, 1.82) is 0 Å². The van der Waals surface area contributed by atoms with Gasteiger partial charge in [0.25, 0.3) is 0 Å². The van der Waals surface area contributed by atoms with Crippen LogP contribution in [-0.4, -0.2) is 49.8 Å². The lowest BCUT2D eigenvalue weighted by molar-refractivity contribution is 0.0501. The topological polar surface area (TPSA) is 24.5 Å². The van der Waals surface area contributed by atoms with Gasteiger partial charge in [-0.25, -0.2) is 0 Å². The maximum Gasteiger partial charge on any atom is 0.0618 e. The molecule has 0 aromatic carbocycles. The highest BCUT2D eigenvalue weighted by atomic mass is 16.5. The van der Waals surface area contributed by atoms with Gasteiger partial charge >= 0.3 is 0 Å². The molecule has 3 heteroatoms. The van der Waals surface area contributed by atoms with E-state index in [0.717, 1.165) is 25.7 Å². The summed E-state index contributed by atoms with van der Waals surface area (Å²) in [6, 6.07) is 1.17. The van der Waals surface area contributed by atoms with Gasteiger partial charge in [0.1, 0.15) is 0 Å². The van der Waals surface area contributed by atoms with Crippen LogP contribution in [0.1, 0.15) is 40.5 Å². The molecule has 3 nitrogen and oxygen atoms in total. The Labute approximate surface area is 107 Å². The van der Waals surface area contributed by atoms with Crippen LogP contribution in [0.25, 0.3) is 0 Å². The van der Waals surface area contributed by atoms with Crippen LogP contribution in [0.15, 0.2) is 0 Å². The number of hydrogen-bond acceptors (Lipinski definition) is 3. The predicted molar refractivity (Wildman–Crippen MR) is 73.4 cm³/mol. The van der Waals surface area contributed by atoms with Crippen molar-refractivity contribution in [3.63, 3.8) is 0 Å². The highest BCUT2D eigenvalue weighted by Gasteiger charge is 2.23. The molecular weight excluding hydrogens is 212 g/mol. The first-order valence-electron chi connectivity index (χ1n) is 7.18. The molecule has 17 heavy (non-hydrogen) atoms. The van der Waals surface area contributed by atoms with Gasteiger partial charge < -0.3 is 10.1 Å². The fourth-order valence-electron chi connectivity index (χ4n) is 2.46. The van der Waals surface area contributed by atoms with Gasteiger partial charge in [-0.05, 0) is 45.7 Å². The smallest absolute Gasteiger partial charge is 0.0618 e. The minimum Gasteiger partial charge on any atom is -0.380 e. The van der Waals surface area contributed by atoms with Crippen LogP contribution in [0.5, 0.6) is 0 Å². The van der Waals surface area contributed by atoms with E-state index < -0.39 is 0 Å². The summed E-state index contributed by atoms with van der Waals surface area (Å²) >= 11 is 0. The molecule has 102 valence electrons. The summed E-state index contributed by atoms with van der Waals surface area (Å²) in [4.78, 5) is 2.59. The van der Waals surface area contributed by atoms with E-state index in [-0.39, 0.29) is 0 Å². The third-order valence-electron chi connectivity index (χ3n) is 3.55. The fourth-order valence-corrected chi connectivity index (χ4v) is 2.46. The first-order chi connectivity index (χ1) is 8.13. The molecule has 1 aliphatic rings. The molecule has 1 rings (SSSR count). The Kier molecular flexibility index (Phi) is 7.09. The second-order valence-corrected chi connectivity index (χ2v) is 5.57. The molecule has 1 heterocycles. The number of hydrogen-bond donors (Lipinski definition) is 1. The van der Waals surface area contributed by atoms with Crippen molar-refractivity contribution in [3.05, 3.63) is 0 Å². The first kappa shape index (κ1) is 14.9. The van der Waals surface area contributed by atoms with Gasteiger partial charge in [0.15, 0.2) is 0 Å². The number of nitrogens with zero attached hydrogens (tertiary/aromatic N) is 1. The van der Waals surface area contributed by atoms with Crippen LogP contribution in [0.4, 0.5) is 0 Å². The van der Waals surface area contributed by atoms with Gasteiger partial charge in [0.2, 0.25) is 0 Å². The van der Waals surface area contributed by atoms with Gasteiger partial charge in [0.05, 0.1) is 6.61 Å². The number of ether oxygens (including phenoxy) is 1. The van der Waals surface area contributed by atoms with Crippen molar-refractivity contribution < 1.29 is 4.74 Å². The van der Waals surface area contributed by atoms with E-state index in [0.29, 0.717) is 12.1 Å². The van der Waals surface area contributed by atoms with Crippen molar-refractivity contribution in [2.45, 2.75) is 52.6 Å². The van der Waals surface area contributed by atoms with Crippen molar-refractivity contribution >= 4 is 0 Å². The zero-order valence-electron chi connectivity index (χ0n) is 12.0. The third-order valence-corrected chi connectivity index (χ3v) is 3.55. The highest BCUT2D eigenvalue weighted by molar-refractivity contribution is 4.78. The molecule has 0 aromatic rings. The van der Waals surface area contributed by atoms with Crippen molar-refractivity contribution in [1.82, 2.24) is 10.2 Å². The highest BCUT2D eigenvalue weighted by Crippen LogP contribution is 2.18. The molecule has 0 saturated carbocycles. The summed E-state index contributed by atoms with van der Waals surface area (Å²) < 4.78 is 5.52.